The van der Waals surface area contributed by atoms with Gasteiger partial charge in [-0.15, -0.1) is 5.73 Å². The molecular weight excluding hydrogens is 144 g/mol. The Morgan fingerprint density at radius 1 is 1.33 bits per heavy atom. The summed E-state index contributed by atoms with van der Waals surface area (Å²) in [7, 11) is 0. The van der Waals surface area contributed by atoms with Gasteiger partial charge in [0.1, 0.15) is 0 Å². The molecule has 0 unspecified atom stereocenters. The van der Waals surface area contributed by atoms with E-state index in [0.717, 1.165) is 17.6 Å². The lowest BCUT2D eigenvalue weighted by atomic mass is 10.0. The van der Waals surface area contributed by atoms with Gasteiger partial charge in [-0.3, -0.25) is 0 Å². The van der Waals surface area contributed by atoms with Crippen molar-refractivity contribution >= 4 is 0 Å². The van der Waals surface area contributed by atoms with E-state index >= 15 is 0 Å². The zero-order valence-corrected chi connectivity index (χ0v) is 8.57. The Labute approximate surface area is 76.0 Å². The van der Waals surface area contributed by atoms with E-state index in [2.05, 4.69) is 32.2 Å². The molecule has 0 aliphatic rings. The molecular formula is C12H18. The molecule has 0 spiro atoms. The summed E-state index contributed by atoms with van der Waals surface area (Å²) in [6.07, 6.45) is 5.00. The Morgan fingerprint density at radius 2 is 1.92 bits per heavy atom. The van der Waals surface area contributed by atoms with Crippen LogP contribution in [0.15, 0.2) is 41.2 Å². The van der Waals surface area contributed by atoms with E-state index in [0.29, 0.717) is 0 Å². The third-order valence-corrected chi connectivity index (χ3v) is 1.88. The molecule has 0 heteroatoms. The second kappa shape index (κ2) is 5.62. The third-order valence-electron chi connectivity index (χ3n) is 1.88. The summed E-state index contributed by atoms with van der Waals surface area (Å²) in [5.74, 6) is 0. The molecule has 0 aromatic carbocycles. The van der Waals surface area contributed by atoms with Crippen LogP contribution in [-0.2, 0) is 0 Å². The highest BCUT2D eigenvalue weighted by molar-refractivity contribution is 5.29. The first-order chi connectivity index (χ1) is 5.61. The fourth-order valence-corrected chi connectivity index (χ4v) is 0.890. The van der Waals surface area contributed by atoms with Gasteiger partial charge in [0.15, 0.2) is 0 Å². The largest absolute Gasteiger partial charge is 0.122 e. The molecule has 0 radical (unpaired) electrons. The van der Waals surface area contributed by atoms with Crippen LogP contribution in [0.5, 0.6) is 0 Å². The molecule has 0 aliphatic carbocycles. The maximum Gasteiger partial charge on any atom is -0.00655 e. The van der Waals surface area contributed by atoms with E-state index in [4.69, 9.17) is 0 Å². The van der Waals surface area contributed by atoms with Crippen LogP contribution in [0.2, 0.25) is 0 Å². The molecule has 0 fully saturated rings. The van der Waals surface area contributed by atoms with Crippen LogP contribution in [0.4, 0.5) is 0 Å². The topological polar surface area (TPSA) is 0 Å². The van der Waals surface area contributed by atoms with Crippen molar-refractivity contribution < 1.29 is 0 Å². The molecule has 0 aromatic rings. The van der Waals surface area contributed by atoms with Crippen molar-refractivity contribution in [1.82, 2.24) is 0 Å². The second-order valence-corrected chi connectivity index (χ2v) is 2.97. The van der Waals surface area contributed by atoms with Gasteiger partial charge in [0.25, 0.3) is 0 Å². The van der Waals surface area contributed by atoms with Crippen LogP contribution >= 0.6 is 0 Å². The van der Waals surface area contributed by atoms with Gasteiger partial charge in [-0.1, -0.05) is 18.2 Å². The first-order valence-electron chi connectivity index (χ1n) is 4.29. The molecule has 0 aromatic heterocycles. The van der Waals surface area contributed by atoms with Crippen LogP contribution in [0.1, 0.15) is 34.1 Å². The van der Waals surface area contributed by atoms with Crippen LogP contribution in [0.25, 0.3) is 0 Å². The Balaban J connectivity index is 4.34. The Morgan fingerprint density at radius 3 is 2.33 bits per heavy atom. The molecule has 0 saturated carbocycles. The highest BCUT2D eigenvalue weighted by atomic mass is 14.0. The Hall–Kier alpha value is -1.00. The van der Waals surface area contributed by atoms with Gasteiger partial charge in [0.2, 0.25) is 0 Å². The zero-order valence-electron chi connectivity index (χ0n) is 8.57. The monoisotopic (exact) mass is 162 g/mol. The van der Waals surface area contributed by atoms with Crippen molar-refractivity contribution in [2.45, 2.75) is 34.1 Å². The van der Waals surface area contributed by atoms with E-state index in [-0.39, 0.29) is 0 Å². The van der Waals surface area contributed by atoms with Crippen molar-refractivity contribution in [2.24, 2.45) is 0 Å². The van der Waals surface area contributed by atoms with Crippen molar-refractivity contribution in [3.05, 3.63) is 41.2 Å². The van der Waals surface area contributed by atoms with Crippen LogP contribution in [-0.4, -0.2) is 0 Å². The highest BCUT2D eigenvalue weighted by Crippen LogP contribution is 2.15. The first-order valence-corrected chi connectivity index (χ1v) is 4.29. The third kappa shape index (κ3) is 4.00. The predicted molar refractivity (Wildman–Crippen MR) is 56.1 cm³/mol. The average Bonchev–Trinajstić information content (AvgIpc) is 2.04. The fourth-order valence-electron chi connectivity index (χ4n) is 0.890. The summed E-state index contributed by atoms with van der Waals surface area (Å²) in [6, 6.07) is 0. The molecule has 0 bridgehead atoms. The average molecular weight is 162 g/mol. The summed E-state index contributed by atoms with van der Waals surface area (Å²) in [6.45, 7) is 12.2. The van der Waals surface area contributed by atoms with Crippen LogP contribution in [0.3, 0.4) is 0 Å². The molecule has 0 amide bonds. The van der Waals surface area contributed by atoms with Gasteiger partial charge in [0.05, 0.1) is 0 Å². The van der Waals surface area contributed by atoms with E-state index in [1.807, 2.05) is 19.9 Å². The Bertz CT molecular complexity index is 245. The minimum absolute atomic E-state index is 0.961. The van der Waals surface area contributed by atoms with Crippen molar-refractivity contribution in [1.29, 1.82) is 0 Å². The maximum atomic E-state index is 4.00. The van der Waals surface area contributed by atoms with Crippen LogP contribution in [0, 0.1) is 0 Å². The Kier molecular flexibility index (Phi) is 5.16. The molecule has 0 aliphatic heterocycles. The standard InChI is InChI=1S/C12H18/c1-6-8-11(4)12(5)9-10(3)7-2/h6-7H,5,9H2,1-4H3. The summed E-state index contributed by atoms with van der Waals surface area (Å²) < 4.78 is 0. The molecule has 0 saturated heterocycles. The maximum absolute atomic E-state index is 4.00. The van der Waals surface area contributed by atoms with Gasteiger partial charge < -0.3 is 0 Å². The van der Waals surface area contributed by atoms with Gasteiger partial charge in [-0.2, -0.15) is 0 Å². The number of rotatable bonds is 3. The normalized spacial score (nSPS) is 10.5. The van der Waals surface area contributed by atoms with E-state index in [1.54, 1.807) is 0 Å². The van der Waals surface area contributed by atoms with E-state index in [1.165, 1.54) is 5.57 Å². The lowest BCUT2D eigenvalue weighted by Crippen LogP contribution is -1.84. The molecule has 0 atom stereocenters. The van der Waals surface area contributed by atoms with Crippen molar-refractivity contribution in [3.8, 4) is 0 Å². The molecule has 0 rings (SSSR count). The second-order valence-electron chi connectivity index (χ2n) is 2.97. The lowest BCUT2D eigenvalue weighted by molar-refractivity contribution is 1.11. The van der Waals surface area contributed by atoms with Crippen LogP contribution < -0.4 is 0 Å². The minimum atomic E-state index is 0.961. The lowest BCUT2D eigenvalue weighted by Gasteiger charge is -2.03. The highest BCUT2D eigenvalue weighted by Gasteiger charge is 1.96. The van der Waals surface area contributed by atoms with Crippen molar-refractivity contribution in [2.75, 3.05) is 0 Å². The fraction of sp³-hybridized carbons (Fsp3) is 0.417. The van der Waals surface area contributed by atoms with E-state index < -0.39 is 0 Å². The quantitative estimate of drug-likeness (QED) is 0.334. The predicted octanol–water partition coefficient (Wildman–Crippen LogP) is 4.02. The minimum Gasteiger partial charge on any atom is -0.122 e. The number of hydrogen-bond donors (Lipinski definition) is 0. The number of hydrogen-bond acceptors (Lipinski definition) is 0. The number of allylic oxidation sites excluding steroid dienone is 4. The summed E-state index contributed by atoms with van der Waals surface area (Å²) >= 11 is 0. The molecule has 0 N–H and O–H groups in total. The van der Waals surface area contributed by atoms with Gasteiger partial charge >= 0.3 is 0 Å². The summed E-state index contributed by atoms with van der Waals surface area (Å²) in [5, 5.41) is 0. The molecule has 0 heterocycles. The summed E-state index contributed by atoms with van der Waals surface area (Å²) in [5.41, 5.74) is 6.81. The van der Waals surface area contributed by atoms with Gasteiger partial charge in [-0.05, 0) is 51.3 Å². The smallest absolute Gasteiger partial charge is 0.00655 e. The van der Waals surface area contributed by atoms with E-state index in [9.17, 15) is 0 Å². The zero-order chi connectivity index (χ0) is 9.56. The molecule has 0 nitrogen and oxygen atoms in total. The van der Waals surface area contributed by atoms with Gasteiger partial charge in [0, 0.05) is 0 Å². The summed E-state index contributed by atoms with van der Waals surface area (Å²) in [4.78, 5) is 0. The van der Waals surface area contributed by atoms with Gasteiger partial charge in [-0.25, -0.2) is 0 Å². The van der Waals surface area contributed by atoms with Crippen molar-refractivity contribution in [3.63, 3.8) is 0 Å². The molecule has 12 heavy (non-hydrogen) atoms. The SMILES string of the molecule is C=C(CC(C)=CC)C(C)=C=CC. The molecule has 66 valence electrons. The first kappa shape index (κ1) is 11.0.